The van der Waals surface area contributed by atoms with E-state index in [1.165, 1.54) is 0 Å². The predicted molar refractivity (Wildman–Crippen MR) is 67.7 cm³/mol. The quantitative estimate of drug-likeness (QED) is 0.788. The summed E-state index contributed by atoms with van der Waals surface area (Å²) in [5.74, 6) is 0.00412. The lowest BCUT2D eigenvalue weighted by Crippen LogP contribution is -2.22. The van der Waals surface area contributed by atoms with E-state index in [1.54, 1.807) is 31.4 Å². The highest BCUT2D eigenvalue weighted by molar-refractivity contribution is 6.00. The molecule has 2 rings (SSSR count). The molecule has 0 spiro atoms. The van der Waals surface area contributed by atoms with Gasteiger partial charge in [0.1, 0.15) is 0 Å². The average molecular weight is 226 g/mol. The van der Waals surface area contributed by atoms with Crippen molar-refractivity contribution in [1.29, 1.82) is 0 Å². The fraction of sp³-hybridized carbons (Fsp3) is 0.143. The minimum absolute atomic E-state index is 0.00412. The lowest BCUT2D eigenvalue weighted by molar-refractivity contribution is 0.0828. The smallest absolute Gasteiger partial charge is 0.253 e. The van der Waals surface area contributed by atoms with Crippen molar-refractivity contribution in [2.75, 3.05) is 14.1 Å². The number of hydrogen-bond donors (Lipinski definition) is 0. The van der Waals surface area contributed by atoms with Crippen LogP contribution in [0.25, 0.3) is 11.1 Å². The summed E-state index contributed by atoms with van der Waals surface area (Å²) in [5.41, 5.74) is 2.57. The van der Waals surface area contributed by atoms with E-state index in [4.69, 9.17) is 0 Å². The highest BCUT2D eigenvalue weighted by atomic mass is 16.2. The number of hydrogen-bond acceptors (Lipinski definition) is 2. The Morgan fingerprint density at radius 2 is 1.88 bits per heavy atom. The van der Waals surface area contributed by atoms with Gasteiger partial charge in [0, 0.05) is 37.6 Å². The molecule has 1 aromatic carbocycles. The topological polar surface area (TPSA) is 33.2 Å². The van der Waals surface area contributed by atoms with Crippen molar-refractivity contribution in [1.82, 2.24) is 9.88 Å². The van der Waals surface area contributed by atoms with Crippen LogP contribution in [0.4, 0.5) is 0 Å². The van der Waals surface area contributed by atoms with Crippen LogP contribution in [0.2, 0.25) is 0 Å². The van der Waals surface area contributed by atoms with Crippen LogP contribution < -0.4 is 0 Å². The molecular weight excluding hydrogens is 212 g/mol. The highest BCUT2D eigenvalue weighted by Crippen LogP contribution is 2.23. The summed E-state index contributed by atoms with van der Waals surface area (Å²) in [6, 6.07) is 11.4. The molecule has 0 fully saturated rings. The number of rotatable bonds is 2. The van der Waals surface area contributed by atoms with Gasteiger partial charge in [0.15, 0.2) is 0 Å². The van der Waals surface area contributed by atoms with Crippen LogP contribution in [-0.2, 0) is 0 Å². The summed E-state index contributed by atoms with van der Waals surface area (Å²) in [5, 5.41) is 0. The first-order chi connectivity index (χ1) is 8.20. The molecule has 17 heavy (non-hydrogen) atoms. The summed E-state index contributed by atoms with van der Waals surface area (Å²) in [7, 11) is 3.50. The van der Waals surface area contributed by atoms with Crippen LogP contribution in [0.15, 0.2) is 48.8 Å². The number of benzene rings is 1. The number of aromatic nitrogens is 1. The summed E-state index contributed by atoms with van der Waals surface area (Å²) in [4.78, 5) is 17.7. The van der Waals surface area contributed by atoms with Crippen molar-refractivity contribution in [2.45, 2.75) is 0 Å². The van der Waals surface area contributed by atoms with E-state index in [1.807, 2.05) is 36.4 Å². The molecule has 3 nitrogen and oxygen atoms in total. The first-order valence-electron chi connectivity index (χ1n) is 5.41. The van der Waals surface area contributed by atoms with Crippen LogP contribution >= 0.6 is 0 Å². The Bertz CT molecular complexity index is 521. The second-order valence-corrected chi connectivity index (χ2v) is 3.99. The standard InChI is InChI=1S/C14H14N2O/c1-16(2)14(17)13-8-4-3-7-12(13)11-6-5-9-15-10-11/h3-10H,1-2H3. The van der Waals surface area contributed by atoms with Gasteiger partial charge in [-0.05, 0) is 17.7 Å². The van der Waals surface area contributed by atoms with Gasteiger partial charge in [-0.3, -0.25) is 9.78 Å². The molecule has 0 aliphatic heterocycles. The minimum Gasteiger partial charge on any atom is -0.345 e. The molecule has 0 bridgehead atoms. The summed E-state index contributed by atoms with van der Waals surface area (Å²) in [6.07, 6.45) is 3.49. The molecule has 0 unspecified atom stereocenters. The van der Waals surface area contributed by atoms with Crippen molar-refractivity contribution in [3.8, 4) is 11.1 Å². The van der Waals surface area contributed by atoms with Crippen LogP contribution in [-0.4, -0.2) is 29.9 Å². The van der Waals surface area contributed by atoms with Gasteiger partial charge < -0.3 is 4.90 Å². The van der Waals surface area contributed by atoms with E-state index in [0.717, 1.165) is 11.1 Å². The van der Waals surface area contributed by atoms with Gasteiger partial charge in [-0.1, -0.05) is 24.3 Å². The second-order valence-electron chi connectivity index (χ2n) is 3.99. The maximum absolute atomic E-state index is 12.0. The maximum Gasteiger partial charge on any atom is 0.253 e. The first-order valence-corrected chi connectivity index (χ1v) is 5.41. The Morgan fingerprint density at radius 1 is 1.12 bits per heavy atom. The van der Waals surface area contributed by atoms with Crippen molar-refractivity contribution >= 4 is 5.91 Å². The first kappa shape index (κ1) is 11.3. The molecule has 0 radical (unpaired) electrons. The van der Waals surface area contributed by atoms with Gasteiger partial charge >= 0.3 is 0 Å². The molecule has 0 atom stereocenters. The Kier molecular flexibility index (Phi) is 3.19. The molecule has 86 valence electrons. The number of nitrogens with zero attached hydrogens (tertiary/aromatic N) is 2. The summed E-state index contributed by atoms with van der Waals surface area (Å²) in [6.45, 7) is 0. The van der Waals surface area contributed by atoms with Gasteiger partial charge in [-0.15, -0.1) is 0 Å². The normalized spacial score (nSPS) is 10.0. The molecule has 1 amide bonds. The Labute approximate surface area is 101 Å². The molecule has 0 aliphatic rings. The molecule has 0 aliphatic carbocycles. The fourth-order valence-corrected chi connectivity index (χ4v) is 1.68. The van der Waals surface area contributed by atoms with E-state index < -0.39 is 0 Å². The van der Waals surface area contributed by atoms with E-state index in [2.05, 4.69) is 4.98 Å². The lowest BCUT2D eigenvalue weighted by atomic mass is 10.0. The van der Waals surface area contributed by atoms with E-state index >= 15 is 0 Å². The number of pyridine rings is 1. The molecule has 1 aromatic heterocycles. The monoisotopic (exact) mass is 226 g/mol. The number of amides is 1. The molecule has 2 aromatic rings. The molecule has 0 N–H and O–H groups in total. The summed E-state index contributed by atoms with van der Waals surface area (Å²) < 4.78 is 0. The molecule has 3 heteroatoms. The molecule has 0 saturated carbocycles. The highest BCUT2D eigenvalue weighted by Gasteiger charge is 2.13. The third kappa shape index (κ3) is 2.33. The number of carbonyl (C=O) groups is 1. The van der Waals surface area contributed by atoms with Crippen LogP contribution in [0, 0.1) is 0 Å². The van der Waals surface area contributed by atoms with Gasteiger partial charge in [0.2, 0.25) is 0 Å². The van der Waals surface area contributed by atoms with E-state index in [0.29, 0.717) is 5.56 Å². The van der Waals surface area contributed by atoms with Gasteiger partial charge in [0.25, 0.3) is 5.91 Å². The van der Waals surface area contributed by atoms with E-state index in [-0.39, 0.29) is 5.91 Å². The number of carbonyl (C=O) groups excluding carboxylic acids is 1. The molecule has 0 saturated heterocycles. The fourth-order valence-electron chi connectivity index (χ4n) is 1.68. The maximum atomic E-state index is 12.0. The minimum atomic E-state index is 0.00412. The predicted octanol–water partition coefficient (Wildman–Crippen LogP) is 2.45. The van der Waals surface area contributed by atoms with Gasteiger partial charge in [0.05, 0.1) is 0 Å². The third-order valence-electron chi connectivity index (χ3n) is 2.54. The zero-order valence-corrected chi connectivity index (χ0v) is 9.92. The summed E-state index contributed by atoms with van der Waals surface area (Å²) >= 11 is 0. The van der Waals surface area contributed by atoms with Crippen molar-refractivity contribution in [3.63, 3.8) is 0 Å². The van der Waals surface area contributed by atoms with Gasteiger partial charge in [-0.25, -0.2) is 0 Å². The Hall–Kier alpha value is -2.16. The van der Waals surface area contributed by atoms with Crippen molar-refractivity contribution in [3.05, 3.63) is 54.4 Å². The molecular formula is C14H14N2O. The Balaban J connectivity index is 2.52. The van der Waals surface area contributed by atoms with Gasteiger partial charge in [-0.2, -0.15) is 0 Å². The van der Waals surface area contributed by atoms with Crippen LogP contribution in [0.5, 0.6) is 0 Å². The van der Waals surface area contributed by atoms with Crippen molar-refractivity contribution in [2.24, 2.45) is 0 Å². The zero-order chi connectivity index (χ0) is 12.3. The largest absolute Gasteiger partial charge is 0.345 e. The van der Waals surface area contributed by atoms with Crippen LogP contribution in [0.1, 0.15) is 10.4 Å². The third-order valence-corrected chi connectivity index (χ3v) is 2.54. The average Bonchev–Trinajstić information content (AvgIpc) is 2.39. The second kappa shape index (κ2) is 4.78. The lowest BCUT2D eigenvalue weighted by Gasteiger charge is -2.13. The zero-order valence-electron chi connectivity index (χ0n) is 9.92. The van der Waals surface area contributed by atoms with Crippen molar-refractivity contribution < 1.29 is 4.79 Å². The Morgan fingerprint density at radius 3 is 2.53 bits per heavy atom. The van der Waals surface area contributed by atoms with Crippen LogP contribution in [0.3, 0.4) is 0 Å². The van der Waals surface area contributed by atoms with E-state index in [9.17, 15) is 4.79 Å². The molecule has 1 heterocycles. The SMILES string of the molecule is CN(C)C(=O)c1ccccc1-c1cccnc1.